The number of anilines is 1. The number of carbonyl (C=O) groups excluding carboxylic acids is 1. The summed E-state index contributed by atoms with van der Waals surface area (Å²) in [5.41, 5.74) is 0.598. The average molecular weight is 418 g/mol. The summed E-state index contributed by atoms with van der Waals surface area (Å²) in [6.45, 7) is 0.0845. The second kappa shape index (κ2) is 6.77. The highest BCUT2D eigenvalue weighted by molar-refractivity contribution is 9.11. The Balaban J connectivity index is 1.94. The Labute approximate surface area is 136 Å². The summed E-state index contributed by atoms with van der Waals surface area (Å²) in [6, 6.07) is 7.82. The number of benzene rings is 1. The molecule has 0 fully saturated rings. The quantitative estimate of drug-likeness (QED) is 0.704. The van der Waals surface area contributed by atoms with Crippen molar-refractivity contribution in [2.24, 2.45) is 0 Å². The van der Waals surface area contributed by atoms with Gasteiger partial charge in [0.25, 0.3) is 0 Å². The number of nitrogens with one attached hydrogen (secondary N) is 2. The average Bonchev–Trinajstić information content (AvgIpc) is 2.90. The van der Waals surface area contributed by atoms with Crippen LogP contribution in [-0.2, 0) is 6.54 Å². The molecule has 6 nitrogen and oxygen atoms in total. The maximum Gasteiger partial charge on any atom is 0.371 e. The first-order valence-electron chi connectivity index (χ1n) is 5.78. The molecular weight excluding hydrogens is 408 g/mol. The van der Waals surface area contributed by atoms with Crippen molar-refractivity contribution < 1.29 is 19.1 Å². The van der Waals surface area contributed by atoms with Crippen LogP contribution in [0.2, 0.25) is 0 Å². The molecule has 1 aromatic heterocycles. The van der Waals surface area contributed by atoms with E-state index >= 15 is 0 Å². The van der Waals surface area contributed by atoms with E-state index < -0.39 is 12.0 Å². The van der Waals surface area contributed by atoms with Crippen LogP contribution in [0.15, 0.2) is 43.7 Å². The van der Waals surface area contributed by atoms with Crippen LogP contribution in [0.3, 0.4) is 0 Å². The van der Waals surface area contributed by atoms with Gasteiger partial charge < -0.3 is 20.2 Å². The number of urea groups is 1. The summed E-state index contributed by atoms with van der Waals surface area (Å²) in [7, 11) is 0. The Morgan fingerprint density at radius 3 is 2.38 bits per heavy atom. The SMILES string of the molecule is O=C(NCc1ccc(C(=O)O)o1)Nc1c(Br)cccc1Br. The van der Waals surface area contributed by atoms with Crippen LogP contribution in [0.5, 0.6) is 0 Å². The Bertz CT molecular complexity index is 664. The summed E-state index contributed by atoms with van der Waals surface area (Å²) < 4.78 is 6.50. The summed E-state index contributed by atoms with van der Waals surface area (Å²) in [6.07, 6.45) is 0. The summed E-state index contributed by atoms with van der Waals surface area (Å²) in [4.78, 5) is 22.5. The number of para-hydroxylation sites is 1. The molecule has 0 aliphatic carbocycles. The van der Waals surface area contributed by atoms with Gasteiger partial charge in [0, 0.05) is 8.95 Å². The molecule has 0 bridgehead atoms. The number of aromatic carboxylic acids is 1. The van der Waals surface area contributed by atoms with Crippen LogP contribution in [0.25, 0.3) is 0 Å². The first-order valence-corrected chi connectivity index (χ1v) is 7.37. The Morgan fingerprint density at radius 2 is 1.81 bits per heavy atom. The fourth-order valence-electron chi connectivity index (χ4n) is 1.53. The predicted molar refractivity (Wildman–Crippen MR) is 83.4 cm³/mol. The molecule has 2 rings (SSSR count). The van der Waals surface area contributed by atoms with Crippen molar-refractivity contribution >= 4 is 49.5 Å². The Kier molecular flexibility index (Phi) is 5.03. The molecular formula is C13H10Br2N2O4. The molecule has 0 saturated carbocycles. The lowest BCUT2D eigenvalue weighted by atomic mass is 10.3. The largest absolute Gasteiger partial charge is 0.475 e. The molecule has 2 amide bonds. The van der Waals surface area contributed by atoms with Gasteiger partial charge in [-0.25, -0.2) is 9.59 Å². The zero-order chi connectivity index (χ0) is 15.4. The highest BCUT2D eigenvalue weighted by atomic mass is 79.9. The first kappa shape index (κ1) is 15.6. The van der Waals surface area contributed by atoms with Crippen LogP contribution in [0, 0.1) is 0 Å². The minimum Gasteiger partial charge on any atom is -0.475 e. The van der Waals surface area contributed by atoms with Crippen LogP contribution in [-0.4, -0.2) is 17.1 Å². The maximum atomic E-state index is 11.8. The van der Waals surface area contributed by atoms with E-state index in [9.17, 15) is 9.59 Å². The molecule has 1 aromatic carbocycles. The van der Waals surface area contributed by atoms with Gasteiger partial charge in [0.15, 0.2) is 0 Å². The molecule has 0 aliphatic rings. The van der Waals surface area contributed by atoms with Crippen LogP contribution in [0.1, 0.15) is 16.3 Å². The van der Waals surface area contributed by atoms with Crippen molar-refractivity contribution in [3.63, 3.8) is 0 Å². The fraction of sp³-hybridized carbons (Fsp3) is 0.0769. The molecule has 0 spiro atoms. The van der Waals surface area contributed by atoms with Crippen molar-refractivity contribution in [3.8, 4) is 0 Å². The number of carboxylic acids is 1. The number of carbonyl (C=O) groups is 2. The van der Waals surface area contributed by atoms with Crippen LogP contribution >= 0.6 is 31.9 Å². The zero-order valence-corrected chi connectivity index (χ0v) is 13.7. The second-order valence-electron chi connectivity index (χ2n) is 3.98. The van der Waals surface area contributed by atoms with Gasteiger partial charge in [-0.05, 0) is 56.1 Å². The maximum absolute atomic E-state index is 11.8. The number of halogens is 2. The number of hydrogen-bond donors (Lipinski definition) is 3. The van der Waals surface area contributed by atoms with Crippen molar-refractivity contribution in [1.82, 2.24) is 5.32 Å². The fourth-order valence-corrected chi connectivity index (χ4v) is 2.73. The van der Waals surface area contributed by atoms with Crippen LogP contribution < -0.4 is 10.6 Å². The molecule has 0 atom stereocenters. The molecule has 8 heteroatoms. The molecule has 0 saturated heterocycles. The Hall–Kier alpha value is -1.80. The molecule has 0 unspecified atom stereocenters. The molecule has 3 N–H and O–H groups in total. The monoisotopic (exact) mass is 416 g/mol. The Morgan fingerprint density at radius 1 is 1.14 bits per heavy atom. The minimum atomic E-state index is -1.15. The van der Waals surface area contributed by atoms with E-state index in [-0.39, 0.29) is 12.3 Å². The number of furan rings is 1. The van der Waals surface area contributed by atoms with E-state index in [2.05, 4.69) is 42.5 Å². The first-order chi connectivity index (χ1) is 9.97. The van der Waals surface area contributed by atoms with Gasteiger partial charge in [-0.15, -0.1) is 0 Å². The number of hydrogen-bond acceptors (Lipinski definition) is 3. The summed E-state index contributed by atoms with van der Waals surface area (Å²) >= 11 is 6.67. The van der Waals surface area contributed by atoms with Crippen LogP contribution in [0.4, 0.5) is 10.5 Å². The third-order valence-corrected chi connectivity index (χ3v) is 3.82. The molecule has 110 valence electrons. The van der Waals surface area contributed by atoms with Crippen molar-refractivity contribution in [3.05, 3.63) is 50.8 Å². The van der Waals surface area contributed by atoms with E-state index in [1.165, 1.54) is 12.1 Å². The van der Waals surface area contributed by atoms with Gasteiger partial charge in [0.05, 0.1) is 12.2 Å². The van der Waals surface area contributed by atoms with Gasteiger partial charge in [-0.2, -0.15) is 0 Å². The second-order valence-corrected chi connectivity index (χ2v) is 5.68. The molecule has 21 heavy (non-hydrogen) atoms. The summed E-state index contributed by atoms with van der Waals surface area (Å²) in [5, 5.41) is 14.0. The molecule has 0 radical (unpaired) electrons. The smallest absolute Gasteiger partial charge is 0.371 e. The minimum absolute atomic E-state index is 0.0845. The third-order valence-electron chi connectivity index (χ3n) is 2.50. The zero-order valence-electron chi connectivity index (χ0n) is 10.5. The lowest BCUT2D eigenvalue weighted by Crippen LogP contribution is -2.28. The topological polar surface area (TPSA) is 91.6 Å². The normalized spacial score (nSPS) is 10.2. The lowest BCUT2D eigenvalue weighted by Gasteiger charge is -2.10. The van der Waals surface area contributed by atoms with E-state index in [0.29, 0.717) is 11.4 Å². The molecule has 1 heterocycles. The highest BCUT2D eigenvalue weighted by Crippen LogP contribution is 2.30. The van der Waals surface area contributed by atoms with Gasteiger partial charge in [-0.3, -0.25) is 0 Å². The molecule has 0 aliphatic heterocycles. The van der Waals surface area contributed by atoms with E-state index in [0.717, 1.165) is 8.95 Å². The number of amides is 2. The lowest BCUT2D eigenvalue weighted by molar-refractivity contribution is 0.0660. The summed E-state index contributed by atoms with van der Waals surface area (Å²) in [5.74, 6) is -0.961. The van der Waals surface area contributed by atoms with Gasteiger partial charge >= 0.3 is 12.0 Å². The van der Waals surface area contributed by atoms with Crippen molar-refractivity contribution in [2.75, 3.05) is 5.32 Å². The van der Waals surface area contributed by atoms with Gasteiger partial charge in [0.2, 0.25) is 5.76 Å². The molecule has 2 aromatic rings. The highest BCUT2D eigenvalue weighted by Gasteiger charge is 2.11. The van der Waals surface area contributed by atoms with Crippen molar-refractivity contribution in [1.29, 1.82) is 0 Å². The van der Waals surface area contributed by atoms with E-state index in [1.807, 2.05) is 6.07 Å². The van der Waals surface area contributed by atoms with E-state index in [1.54, 1.807) is 12.1 Å². The van der Waals surface area contributed by atoms with E-state index in [4.69, 9.17) is 9.52 Å². The predicted octanol–water partition coefficient (Wildman–Crippen LogP) is 3.82. The van der Waals surface area contributed by atoms with Crippen molar-refractivity contribution in [2.45, 2.75) is 6.54 Å². The standard InChI is InChI=1S/C13H10Br2N2O4/c14-8-2-1-3-9(15)11(8)17-13(20)16-6-7-4-5-10(21-7)12(18)19/h1-5H,6H2,(H,18,19)(H2,16,17,20). The third kappa shape index (κ3) is 4.08. The van der Waals surface area contributed by atoms with Gasteiger partial charge in [0.1, 0.15) is 5.76 Å². The number of rotatable bonds is 4. The number of carboxylic acid groups (broad SMARTS) is 1. The van der Waals surface area contributed by atoms with Gasteiger partial charge in [-0.1, -0.05) is 6.07 Å².